The Hall–Kier alpha value is -6.27. The van der Waals surface area contributed by atoms with Gasteiger partial charge in [0.1, 0.15) is 36.3 Å². The molecule has 0 bridgehead atoms. The summed E-state index contributed by atoms with van der Waals surface area (Å²) < 4.78 is 0. The van der Waals surface area contributed by atoms with Crippen LogP contribution < -0.4 is 66.3 Å². The van der Waals surface area contributed by atoms with E-state index in [1.54, 1.807) is 13.8 Å². The molecule has 0 aromatic carbocycles. The quantitative estimate of drug-likeness (QED) is 0.0198. The van der Waals surface area contributed by atoms with Crippen LogP contribution >= 0.6 is 0 Å². The minimum absolute atomic E-state index is 0.0161. The number of carboxylic acids is 2. The second kappa shape index (κ2) is 26.6. The fraction of sp³-hybridized carbons (Fsp3) is 0.667. The number of guanidine groups is 2. The van der Waals surface area contributed by atoms with Crippen LogP contribution in [0.5, 0.6) is 0 Å². The van der Waals surface area contributed by atoms with Gasteiger partial charge in [0.05, 0.1) is 6.04 Å². The Morgan fingerprint density at radius 1 is 0.517 bits per heavy atom. The van der Waals surface area contributed by atoms with Crippen LogP contribution in [0.3, 0.4) is 0 Å². The molecule has 0 aliphatic heterocycles. The summed E-state index contributed by atoms with van der Waals surface area (Å²) in [7, 11) is 0. The summed E-state index contributed by atoms with van der Waals surface area (Å²) in [5, 5.41) is 32.8. The average molecular weight is 829 g/mol. The zero-order valence-electron chi connectivity index (χ0n) is 33.1. The summed E-state index contributed by atoms with van der Waals surface area (Å²) in [6, 6.07) is -9.29. The van der Waals surface area contributed by atoms with Crippen molar-refractivity contribution < 1.29 is 53.4 Å². The predicted molar refractivity (Wildman–Crippen MR) is 209 cm³/mol. The first-order valence-corrected chi connectivity index (χ1v) is 18.4. The molecule has 7 amide bonds. The number of nitrogens with two attached hydrogens (primary N) is 6. The lowest BCUT2D eigenvalue weighted by Gasteiger charge is -2.26. The fourth-order valence-corrected chi connectivity index (χ4v) is 4.91. The van der Waals surface area contributed by atoms with Gasteiger partial charge < -0.3 is 76.5 Å². The van der Waals surface area contributed by atoms with Gasteiger partial charge in [-0.1, -0.05) is 13.8 Å². The van der Waals surface area contributed by atoms with Crippen LogP contribution in [-0.4, -0.2) is 131 Å². The average Bonchev–Trinajstić information content (AvgIpc) is 3.12. The molecule has 25 nitrogen and oxygen atoms in total. The zero-order valence-corrected chi connectivity index (χ0v) is 33.1. The van der Waals surface area contributed by atoms with E-state index in [9.17, 15) is 48.3 Å². The third-order valence-corrected chi connectivity index (χ3v) is 8.21. The maximum Gasteiger partial charge on any atom is 0.326 e. The molecule has 7 atom stereocenters. The van der Waals surface area contributed by atoms with E-state index in [1.807, 2.05) is 0 Å². The van der Waals surface area contributed by atoms with Gasteiger partial charge in [-0.15, -0.1) is 0 Å². The summed E-state index contributed by atoms with van der Waals surface area (Å²) in [5.41, 5.74) is 32.6. The number of nitrogens with one attached hydrogen (secondary N) is 6. The number of rotatable bonds is 28. The number of aliphatic carboxylic acids is 2. The van der Waals surface area contributed by atoms with Crippen molar-refractivity contribution in [2.75, 3.05) is 13.1 Å². The molecule has 0 aromatic rings. The Morgan fingerprint density at radius 2 is 0.914 bits per heavy atom. The van der Waals surface area contributed by atoms with E-state index in [0.717, 1.165) is 0 Å². The maximum atomic E-state index is 13.8. The summed E-state index contributed by atoms with van der Waals surface area (Å²) in [4.78, 5) is 121. The van der Waals surface area contributed by atoms with Gasteiger partial charge in [0, 0.05) is 25.9 Å². The molecule has 0 saturated heterocycles. The molecule has 25 heteroatoms. The van der Waals surface area contributed by atoms with Crippen molar-refractivity contribution in [1.82, 2.24) is 31.9 Å². The van der Waals surface area contributed by atoms with Crippen LogP contribution in [0, 0.1) is 5.92 Å². The Bertz CT molecular complexity index is 1520. The first-order chi connectivity index (χ1) is 27.0. The lowest BCUT2D eigenvalue weighted by atomic mass is 10.0. The maximum absolute atomic E-state index is 13.8. The van der Waals surface area contributed by atoms with Gasteiger partial charge in [0.15, 0.2) is 11.9 Å². The number of hydrogen-bond donors (Lipinski definition) is 14. The van der Waals surface area contributed by atoms with Crippen molar-refractivity contribution in [3.05, 3.63) is 0 Å². The van der Waals surface area contributed by atoms with Gasteiger partial charge in [-0.2, -0.15) is 0 Å². The molecular formula is C33H60N14O11. The SMILES string of the molecule is CC(C)[C@H](NC(=O)[C@H](C)NC(=O)[C@H](C)NC(=O)[C@H](CCCN=C(N)N)NC(=O)[C@H](CCCN=C(N)N)NC(=O)[C@H](CCC(N)=O)NC(=O)[C@@H](N)CCC(=O)O)C(=O)O. The highest BCUT2D eigenvalue weighted by atomic mass is 16.4. The molecule has 0 heterocycles. The number of aliphatic imine (C=N–C) groups is 2. The van der Waals surface area contributed by atoms with Crippen molar-refractivity contribution in [3.63, 3.8) is 0 Å². The van der Waals surface area contributed by atoms with Crippen molar-refractivity contribution in [1.29, 1.82) is 0 Å². The minimum atomic E-state index is -1.47. The standard InChI is InChI=1S/C33H60N14O11/c1-15(2)24(31(57)58)47-26(52)17(4)42-25(51)16(3)43-28(54)19(7-5-13-40-32(36)37)45-29(55)20(8-6-14-41-33(38)39)46-30(56)21(10-11-22(35)48)44-27(53)18(34)9-12-23(49)50/h15-21,24H,5-14,34H2,1-4H3,(H2,35,48)(H,42,51)(H,43,54)(H,44,53)(H,45,55)(H,46,56)(H,47,52)(H,49,50)(H,57,58)(H4,36,37,40)(H4,38,39,41)/t16-,17-,18-,19-,20-,21-,24-/m0/s1. The Labute approximate surface area is 335 Å². The molecule has 0 rings (SSSR count). The number of nitrogens with zero attached hydrogens (tertiary/aromatic N) is 2. The number of carboxylic acid groups (broad SMARTS) is 2. The molecule has 58 heavy (non-hydrogen) atoms. The Morgan fingerprint density at radius 3 is 1.31 bits per heavy atom. The molecule has 0 spiro atoms. The van der Waals surface area contributed by atoms with Crippen molar-refractivity contribution >= 4 is 65.2 Å². The van der Waals surface area contributed by atoms with E-state index in [4.69, 9.17) is 39.5 Å². The van der Waals surface area contributed by atoms with E-state index in [-0.39, 0.29) is 70.0 Å². The van der Waals surface area contributed by atoms with Crippen LogP contribution in [0.25, 0.3) is 0 Å². The van der Waals surface area contributed by atoms with Crippen molar-refractivity contribution in [2.24, 2.45) is 50.3 Å². The van der Waals surface area contributed by atoms with Crippen molar-refractivity contribution in [3.8, 4) is 0 Å². The second-order valence-corrected chi connectivity index (χ2v) is 13.7. The van der Waals surface area contributed by atoms with Gasteiger partial charge in [-0.25, -0.2) is 4.79 Å². The van der Waals surface area contributed by atoms with E-state index in [0.29, 0.717) is 0 Å². The van der Waals surface area contributed by atoms with Gasteiger partial charge in [0.2, 0.25) is 41.4 Å². The van der Waals surface area contributed by atoms with Gasteiger partial charge in [-0.3, -0.25) is 48.3 Å². The van der Waals surface area contributed by atoms with Gasteiger partial charge in [-0.05, 0) is 58.3 Å². The molecule has 20 N–H and O–H groups in total. The monoisotopic (exact) mass is 828 g/mol. The summed E-state index contributed by atoms with van der Waals surface area (Å²) >= 11 is 0. The highest BCUT2D eigenvalue weighted by Gasteiger charge is 2.32. The topological polar surface area (TPSA) is 447 Å². The third kappa shape index (κ3) is 21.7. The van der Waals surface area contributed by atoms with Crippen LogP contribution in [0.15, 0.2) is 9.98 Å². The second-order valence-electron chi connectivity index (χ2n) is 13.7. The summed E-state index contributed by atoms with van der Waals surface area (Å²) in [5.74, 6) is -9.49. The zero-order chi connectivity index (χ0) is 44.7. The van der Waals surface area contributed by atoms with Crippen LogP contribution in [0.2, 0.25) is 0 Å². The molecule has 0 aliphatic carbocycles. The van der Waals surface area contributed by atoms with E-state index < -0.39 is 108 Å². The number of primary amides is 1. The smallest absolute Gasteiger partial charge is 0.326 e. The first kappa shape index (κ1) is 51.7. The van der Waals surface area contributed by atoms with Crippen molar-refractivity contribution in [2.45, 2.75) is 121 Å². The van der Waals surface area contributed by atoms with Crippen LogP contribution in [0.4, 0.5) is 0 Å². The first-order valence-electron chi connectivity index (χ1n) is 18.4. The largest absolute Gasteiger partial charge is 0.481 e. The fourth-order valence-electron chi connectivity index (χ4n) is 4.91. The summed E-state index contributed by atoms with van der Waals surface area (Å²) in [6.07, 6.45) is -1.38. The minimum Gasteiger partial charge on any atom is -0.481 e. The lowest BCUT2D eigenvalue weighted by Crippen LogP contribution is -2.59. The molecule has 0 saturated carbocycles. The normalized spacial score (nSPS) is 14.4. The predicted octanol–water partition coefficient (Wildman–Crippen LogP) is -5.76. The molecule has 0 aromatic heterocycles. The lowest BCUT2D eigenvalue weighted by molar-refractivity contribution is -0.143. The van der Waals surface area contributed by atoms with Gasteiger partial charge in [0.25, 0.3) is 0 Å². The third-order valence-electron chi connectivity index (χ3n) is 8.21. The summed E-state index contributed by atoms with van der Waals surface area (Å²) in [6.45, 7) is 5.83. The number of carbonyl (C=O) groups excluding carboxylic acids is 7. The van der Waals surface area contributed by atoms with Crippen LogP contribution in [0.1, 0.15) is 79.1 Å². The molecule has 0 fully saturated rings. The van der Waals surface area contributed by atoms with Gasteiger partial charge >= 0.3 is 11.9 Å². The Balaban J connectivity index is 6.28. The molecule has 0 unspecified atom stereocenters. The number of amides is 7. The van der Waals surface area contributed by atoms with E-state index in [1.165, 1.54) is 13.8 Å². The van der Waals surface area contributed by atoms with E-state index >= 15 is 0 Å². The molecule has 0 aliphatic rings. The molecule has 0 radical (unpaired) electrons. The number of carbonyl (C=O) groups is 9. The van der Waals surface area contributed by atoms with E-state index in [2.05, 4.69) is 41.9 Å². The number of hydrogen-bond acceptors (Lipinski definition) is 12. The highest BCUT2D eigenvalue weighted by molar-refractivity contribution is 5.97. The highest BCUT2D eigenvalue weighted by Crippen LogP contribution is 2.08. The van der Waals surface area contributed by atoms with Crippen LogP contribution in [-0.2, 0) is 43.2 Å². The Kier molecular flexibility index (Phi) is 23.7. The molecule has 328 valence electrons. The molecular weight excluding hydrogens is 768 g/mol.